The first-order chi connectivity index (χ1) is 14.1. The number of halogens is 1. The number of guanidine groups is 1. The summed E-state index contributed by atoms with van der Waals surface area (Å²) in [5.41, 5.74) is 2.18. The average molecular weight is 394 g/mol. The van der Waals surface area contributed by atoms with Gasteiger partial charge in [-0.3, -0.25) is 4.90 Å². The van der Waals surface area contributed by atoms with Gasteiger partial charge >= 0.3 is 0 Å². The van der Waals surface area contributed by atoms with Gasteiger partial charge in [0.15, 0.2) is 5.96 Å². The summed E-state index contributed by atoms with van der Waals surface area (Å²) in [6, 6.07) is 17.6. The van der Waals surface area contributed by atoms with E-state index in [0.29, 0.717) is 23.1 Å². The van der Waals surface area contributed by atoms with E-state index in [9.17, 15) is 4.39 Å². The second-order valence-corrected chi connectivity index (χ2v) is 7.45. The molecule has 0 bridgehead atoms. The molecule has 6 heteroatoms. The van der Waals surface area contributed by atoms with Crippen molar-refractivity contribution in [1.29, 1.82) is 5.26 Å². The van der Waals surface area contributed by atoms with Crippen molar-refractivity contribution >= 4 is 5.96 Å². The highest BCUT2D eigenvalue weighted by Gasteiger charge is 2.29. The Balaban J connectivity index is 1.63. The van der Waals surface area contributed by atoms with E-state index in [1.165, 1.54) is 17.7 Å². The molecule has 2 N–H and O–H groups in total. The van der Waals surface area contributed by atoms with Crippen LogP contribution in [-0.4, -0.2) is 36.0 Å². The van der Waals surface area contributed by atoms with Crippen molar-refractivity contribution in [3.05, 3.63) is 71.0 Å². The monoisotopic (exact) mass is 393 g/mol. The van der Waals surface area contributed by atoms with E-state index in [-0.39, 0.29) is 18.4 Å². The standard InChI is InChI=1S/C23H28FN5/c1-3-26-23(27-14-20-12-19(13-25)9-10-22(20)24)28-21-11-17(2)29(16-21)15-18-7-5-4-6-8-18/h4-10,12,17,21H,3,11,14-16H2,1-2H3,(H2,26,27,28). The lowest BCUT2D eigenvalue weighted by Gasteiger charge is -2.21. The minimum atomic E-state index is -0.341. The van der Waals surface area contributed by atoms with Crippen molar-refractivity contribution in [1.82, 2.24) is 15.5 Å². The number of hydrogen-bond acceptors (Lipinski definition) is 3. The molecule has 2 aromatic carbocycles. The first kappa shape index (κ1) is 20.8. The van der Waals surface area contributed by atoms with Gasteiger partial charge in [0.05, 0.1) is 18.2 Å². The quantitative estimate of drug-likeness (QED) is 0.583. The summed E-state index contributed by atoms with van der Waals surface area (Å²) in [6.45, 7) is 7.03. The Labute approximate surface area is 172 Å². The van der Waals surface area contributed by atoms with Crippen LogP contribution < -0.4 is 10.6 Å². The molecule has 152 valence electrons. The van der Waals surface area contributed by atoms with Gasteiger partial charge in [0.25, 0.3) is 0 Å². The van der Waals surface area contributed by atoms with Gasteiger partial charge in [0, 0.05) is 37.3 Å². The van der Waals surface area contributed by atoms with Crippen LogP contribution in [0.5, 0.6) is 0 Å². The third kappa shape index (κ3) is 5.78. The van der Waals surface area contributed by atoms with E-state index in [1.807, 2.05) is 19.1 Å². The highest BCUT2D eigenvalue weighted by Crippen LogP contribution is 2.20. The van der Waals surface area contributed by atoms with Gasteiger partial charge in [-0.15, -0.1) is 0 Å². The lowest BCUT2D eigenvalue weighted by Crippen LogP contribution is -2.44. The summed E-state index contributed by atoms with van der Waals surface area (Å²) in [4.78, 5) is 7.01. The van der Waals surface area contributed by atoms with Crippen molar-refractivity contribution in [3.8, 4) is 6.07 Å². The number of rotatable bonds is 6. The number of benzene rings is 2. The molecule has 2 aromatic rings. The highest BCUT2D eigenvalue weighted by atomic mass is 19.1. The van der Waals surface area contributed by atoms with Crippen LogP contribution in [0.4, 0.5) is 4.39 Å². The molecule has 2 atom stereocenters. The molecule has 0 spiro atoms. The van der Waals surface area contributed by atoms with Crippen molar-refractivity contribution in [2.24, 2.45) is 4.99 Å². The van der Waals surface area contributed by atoms with E-state index < -0.39 is 0 Å². The SMILES string of the molecule is CCNC(=NCc1cc(C#N)ccc1F)NC1CC(C)N(Cc2ccccc2)C1. The normalized spacial score (nSPS) is 19.7. The van der Waals surface area contributed by atoms with Gasteiger partial charge in [-0.1, -0.05) is 30.3 Å². The van der Waals surface area contributed by atoms with Gasteiger partial charge in [-0.25, -0.2) is 9.38 Å². The van der Waals surface area contributed by atoms with Crippen LogP contribution in [0.3, 0.4) is 0 Å². The van der Waals surface area contributed by atoms with Crippen LogP contribution in [0, 0.1) is 17.1 Å². The lowest BCUT2D eigenvalue weighted by atomic mass is 10.1. The maximum Gasteiger partial charge on any atom is 0.191 e. The third-order valence-corrected chi connectivity index (χ3v) is 5.20. The molecular formula is C23H28FN5. The van der Waals surface area contributed by atoms with Crippen molar-refractivity contribution in [3.63, 3.8) is 0 Å². The first-order valence-electron chi connectivity index (χ1n) is 10.1. The molecule has 0 radical (unpaired) electrons. The van der Waals surface area contributed by atoms with Crippen LogP contribution >= 0.6 is 0 Å². The highest BCUT2D eigenvalue weighted by molar-refractivity contribution is 5.80. The van der Waals surface area contributed by atoms with E-state index in [1.54, 1.807) is 6.07 Å². The summed E-state index contributed by atoms with van der Waals surface area (Å²) < 4.78 is 14.0. The van der Waals surface area contributed by atoms with Crippen molar-refractivity contribution in [2.75, 3.05) is 13.1 Å². The smallest absolute Gasteiger partial charge is 0.191 e. The van der Waals surface area contributed by atoms with Crippen molar-refractivity contribution < 1.29 is 4.39 Å². The fourth-order valence-electron chi connectivity index (χ4n) is 3.68. The minimum Gasteiger partial charge on any atom is -0.357 e. The fourth-order valence-corrected chi connectivity index (χ4v) is 3.68. The van der Waals surface area contributed by atoms with Crippen LogP contribution in [0.2, 0.25) is 0 Å². The molecule has 5 nitrogen and oxygen atoms in total. The molecule has 0 saturated carbocycles. The molecule has 0 aliphatic carbocycles. The zero-order valence-corrected chi connectivity index (χ0v) is 17.0. The maximum atomic E-state index is 14.0. The number of hydrogen-bond donors (Lipinski definition) is 2. The number of nitrogens with zero attached hydrogens (tertiary/aromatic N) is 3. The van der Waals surface area contributed by atoms with E-state index in [0.717, 1.165) is 26.1 Å². The Morgan fingerprint density at radius 3 is 2.79 bits per heavy atom. The molecular weight excluding hydrogens is 365 g/mol. The van der Waals surface area contributed by atoms with Crippen LogP contribution in [0.25, 0.3) is 0 Å². The van der Waals surface area contributed by atoms with Gasteiger partial charge in [0.2, 0.25) is 0 Å². The molecule has 1 fully saturated rings. The third-order valence-electron chi connectivity index (χ3n) is 5.20. The Bertz CT molecular complexity index is 875. The fraction of sp³-hybridized carbons (Fsp3) is 0.391. The van der Waals surface area contributed by atoms with Crippen LogP contribution in [0.1, 0.15) is 37.0 Å². The summed E-state index contributed by atoms with van der Waals surface area (Å²) in [7, 11) is 0. The molecule has 0 aromatic heterocycles. The summed E-state index contributed by atoms with van der Waals surface area (Å²) in [6.07, 6.45) is 1.02. The summed E-state index contributed by atoms with van der Waals surface area (Å²) in [5.74, 6) is 0.333. The maximum absolute atomic E-state index is 14.0. The van der Waals surface area contributed by atoms with Crippen molar-refractivity contribution in [2.45, 2.75) is 45.4 Å². The topological polar surface area (TPSA) is 63.5 Å². The van der Waals surface area contributed by atoms with E-state index in [2.05, 4.69) is 51.7 Å². The predicted octanol–water partition coefficient (Wildman–Crippen LogP) is 3.42. The molecule has 1 aliphatic heterocycles. The Hall–Kier alpha value is -2.91. The van der Waals surface area contributed by atoms with Gasteiger partial charge in [-0.05, 0) is 44.0 Å². The van der Waals surface area contributed by atoms with E-state index in [4.69, 9.17) is 5.26 Å². The molecule has 29 heavy (non-hydrogen) atoms. The van der Waals surface area contributed by atoms with Gasteiger partial charge in [0.1, 0.15) is 5.82 Å². The Kier molecular flexibility index (Phi) is 7.20. The largest absolute Gasteiger partial charge is 0.357 e. The number of aliphatic imine (C=N–C) groups is 1. The average Bonchev–Trinajstić information content (AvgIpc) is 3.06. The first-order valence-corrected chi connectivity index (χ1v) is 10.1. The predicted molar refractivity (Wildman–Crippen MR) is 114 cm³/mol. The summed E-state index contributed by atoms with van der Waals surface area (Å²) >= 11 is 0. The second-order valence-electron chi connectivity index (χ2n) is 7.45. The molecule has 1 heterocycles. The molecule has 1 saturated heterocycles. The second kappa shape index (κ2) is 10.0. The zero-order valence-electron chi connectivity index (χ0n) is 17.0. The Morgan fingerprint density at radius 1 is 1.28 bits per heavy atom. The Morgan fingerprint density at radius 2 is 2.07 bits per heavy atom. The van der Waals surface area contributed by atoms with Gasteiger partial charge < -0.3 is 10.6 Å². The number of nitriles is 1. The van der Waals surface area contributed by atoms with E-state index >= 15 is 0 Å². The zero-order chi connectivity index (χ0) is 20.6. The molecule has 1 aliphatic rings. The number of nitrogens with one attached hydrogen (secondary N) is 2. The molecule has 0 amide bonds. The number of likely N-dealkylation sites (tertiary alicyclic amines) is 1. The van der Waals surface area contributed by atoms with Gasteiger partial charge in [-0.2, -0.15) is 5.26 Å². The summed E-state index contributed by atoms with van der Waals surface area (Å²) in [5, 5.41) is 15.8. The lowest BCUT2D eigenvalue weighted by molar-refractivity contribution is 0.258. The van der Waals surface area contributed by atoms with Crippen LogP contribution in [-0.2, 0) is 13.1 Å². The molecule has 3 rings (SSSR count). The molecule has 2 unspecified atom stereocenters. The van der Waals surface area contributed by atoms with Crippen LogP contribution in [0.15, 0.2) is 53.5 Å². The minimum absolute atomic E-state index is 0.187.